The summed E-state index contributed by atoms with van der Waals surface area (Å²) in [6.45, 7) is 1.31. The first kappa shape index (κ1) is 10.3. The van der Waals surface area contributed by atoms with Crippen LogP contribution < -0.4 is 4.74 Å². The first-order chi connectivity index (χ1) is 6.65. The van der Waals surface area contributed by atoms with Crippen LogP contribution in [0, 0.1) is 0 Å². The molecule has 0 bridgehead atoms. The van der Waals surface area contributed by atoms with Gasteiger partial charge in [0.1, 0.15) is 10.1 Å². The minimum atomic E-state index is -0.122. The fourth-order valence-corrected chi connectivity index (χ4v) is 2.27. The Balaban J connectivity index is 2.43. The third-order valence-corrected chi connectivity index (χ3v) is 3.43. The average Bonchev–Trinajstić information content (AvgIpc) is 2.14. The van der Waals surface area contributed by atoms with Crippen molar-refractivity contribution in [1.29, 1.82) is 0 Å². The average molecular weight is 278 g/mol. The third-order valence-electron chi connectivity index (χ3n) is 2.31. The number of ether oxygens (including phenoxy) is 2. The molecule has 0 N–H and O–H groups in total. The van der Waals surface area contributed by atoms with Crippen LogP contribution in [0.4, 0.5) is 0 Å². The predicted molar refractivity (Wildman–Crippen MR) is 59.4 cm³/mol. The van der Waals surface area contributed by atoms with Crippen LogP contribution in [-0.4, -0.2) is 20.3 Å². The maximum absolute atomic E-state index is 5.94. The summed E-state index contributed by atoms with van der Waals surface area (Å²) in [6, 6.07) is 5.61. The molecule has 0 atom stereocenters. The van der Waals surface area contributed by atoms with Crippen molar-refractivity contribution in [2.24, 2.45) is 0 Å². The summed E-state index contributed by atoms with van der Waals surface area (Å²) < 4.78 is 10.3. The number of halogens is 2. The quantitative estimate of drug-likeness (QED) is 0.774. The molecule has 0 spiro atoms. The topological polar surface area (TPSA) is 18.5 Å². The molecule has 1 saturated heterocycles. The van der Waals surface area contributed by atoms with E-state index >= 15 is 0 Å². The van der Waals surface area contributed by atoms with Gasteiger partial charge in [0.15, 0.2) is 0 Å². The normalized spacial score (nSPS) is 18.8. The Hall–Kier alpha value is -0.250. The monoisotopic (exact) mass is 276 g/mol. The van der Waals surface area contributed by atoms with Crippen molar-refractivity contribution in [2.45, 2.75) is 4.32 Å². The number of hydrogen-bond acceptors (Lipinski definition) is 2. The second kappa shape index (κ2) is 3.72. The molecule has 1 heterocycles. The highest BCUT2D eigenvalue weighted by atomic mass is 79.9. The molecule has 76 valence electrons. The third kappa shape index (κ3) is 1.64. The van der Waals surface area contributed by atoms with Crippen molar-refractivity contribution >= 4 is 27.5 Å². The fraction of sp³-hybridized carbons (Fsp3) is 0.400. The van der Waals surface area contributed by atoms with E-state index < -0.39 is 0 Å². The van der Waals surface area contributed by atoms with Crippen LogP contribution in [0.1, 0.15) is 5.56 Å². The summed E-state index contributed by atoms with van der Waals surface area (Å²) >= 11 is 9.58. The van der Waals surface area contributed by atoms with E-state index in [-0.39, 0.29) is 4.32 Å². The van der Waals surface area contributed by atoms with Crippen LogP contribution in [0.3, 0.4) is 0 Å². The molecule has 0 aromatic heterocycles. The molecule has 1 aliphatic rings. The van der Waals surface area contributed by atoms with E-state index in [1.807, 2.05) is 18.2 Å². The molecular formula is C10H10BrClO2. The van der Waals surface area contributed by atoms with Gasteiger partial charge in [-0.05, 0) is 18.2 Å². The molecule has 14 heavy (non-hydrogen) atoms. The highest BCUT2D eigenvalue weighted by Gasteiger charge is 2.39. The Bertz CT molecular complexity index is 350. The molecule has 0 amide bonds. The van der Waals surface area contributed by atoms with E-state index in [1.54, 1.807) is 7.11 Å². The number of benzene rings is 1. The fourth-order valence-electron chi connectivity index (χ4n) is 1.47. The Kier molecular flexibility index (Phi) is 2.73. The molecule has 1 aromatic carbocycles. The first-order valence-electron chi connectivity index (χ1n) is 4.26. The summed E-state index contributed by atoms with van der Waals surface area (Å²) in [4.78, 5) is 0. The molecular weight excluding hydrogens is 267 g/mol. The molecule has 2 rings (SSSR count). The zero-order valence-corrected chi connectivity index (χ0v) is 10.1. The van der Waals surface area contributed by atoms with Crippen LogP contribution in [-0.2, 0) is 9.06 Å². The maximum Gasteiger partial charge on any atom is 0.123 e. The number of rotatable bonds is 2. The zero-order valence-electron chi connectivity index (χ0n) is 7.72. The summed E-state index contributed by atoms with van der Waals surface area (Å²) in [5, 5.41) is 0.714. The van der Waals surface area contributed by atoms with Crippen LogP contribution >= 0.6 is 27.5 Å². The zero-order chi connectivity index (χ0) is 10.2. The van der Waals surface area contributed by atoms with Gasteiger partial charge in [0, 0.05) is 10.6 Å². The van der Waals surface area contributed by atoms with Gasteiger partial charge in [0.05, 0.1) is 20.3 Å². The molecule has 0 saturated carbocycles. The SMILES string of the molecule is COc1ccc(Cl)cc1C1(Br)COC1. The Labute approximate surface area is 96.3 Å². The minimum Gasteiger partial charge on any atom is -0.496 e. The lowest BCUT2D eigenvalue weighted by molar-refractivity contribution is -0.00788. The van der Waals surface area contributed by atoms with Gasteiger partial charge in [0.2, 0.25) is 0 Å². The van der Waals surface area contributed by atoms with Crippen molar-refractivity contribution in [1.82, 2.24) is 0 Å². The molecule has 0 aliphatic carbocycles. The van der Waals surface area contributed by atoms with Gasteiger partial charge in [0.25, 0.3) is 0 Å². The van der Waals surface area contributed by atoms with Crippen molar-refractivity contribution in [2.75, 3.05) is 20.3 Å². The van der Waals surface area contributed by atoms with E-state index in [9.17, 15) is 0 Å². The lowest BCUT2D eigenvalue weighted by Crippen LogP contribution is -2.41. The lowest BCUT2D eigenvalue weighted by Gasteiger charge is -2.37. The van der Waals surface area contributed by atoms with E-state index in [1.165, 1.54) is 0 Å². The summed E-state index contributed by atoms with van der Waals surface area (Å²) in [5.74, 6) is 0.842. The number of hydrogen-bond donors (Lipinski definition) is 0. The van der Waals surface area contributed by atoms with Gasteiger partial charge in [-0.15, -0.1) is 0 Å². The van der Waals surface area contributed by atoms with Gasteiger partial charge in [-0.25, -0.2) is 0 Å². The van der Waals surface area contributed by atoms with Crippen LogP contribution in [0.15, 0.2) is 18.2 Å². The minimum absolute atomic E-state index is 0.122. The Morgan fingerprint density at radius 3 is 2.71 bits per heavy atom. The molecule has 1 aromatic rings. The molecule has 0 unspecified atom stereocenters. The van der Waals surface area contributed by atoms with Gasteiger partial charge in [-0.3, -0.25) is 0 Å². The lowest BCUT2D eigenvalue weighted by atomic mass is 9.96. The maximum atomic E-state index is 5.94. The van der Waals surface area contributed by atoms with Crippen LogP contribution in [0.5, 0.6) is 5.75 Å². The highest BCUT2D eigenvalue weighted by Crippen LogP contribution is 2.43. The van der Waals surface area contributed by atoms with E-state index in [0.29, 0.717) is 18.2 Å². The summed E-state index contributed by atoms with van der Waals surface area (Å²) in [6.07, 6.45) is 0. The molecule has 4 heteroatoms. The summed E-state index contributed by atoms with van der Waals surface area (Å²) in [5.41, 5.74) is 1.05. The largest absolute Gasteiger partial charge is 0.496 e. The smallest absolute Gasteiger partial charge is 0.123 e. The van der Waals surface area contributed by atoms with E-state index in [0.717, 1.165) is 11.3 Å². The van der Waals surface area contributed by atoms with E-state index in [2.05, 4.69) is 15.9 Å². The second-order valence-electron chi connectivity index (χ2n) is 3.30. The number of methoxy groups -OCH3 is 1. The van der Waals surface area contributed by atoms with Crippen LogP contribution in [0.2, 0.25) is 5.02 Å². The van der Waals surface area contributed by atoms with Crippen LogP contribution in [0.25, 0.3) is 0 Å². The molecule has 2 nitrogen and oxygen atoms in total. The Morgan fingerprint density at radius 1 is 1.50 bits per heavy atom. The predicted octanol–water partition coefficient (Wildman–Crippen LogP) is 2.97. The number of alkyl halides is 1. The van der Waals surface area contributed by atoms with Gasteiger partial charge < -0.3 is 9.47 Å². The van der Waals surface area contributed by atoms with Crippen molar-refractivity contribution in [3.05, 3.63) is 28.8 Å². The van der Waals surface area contributed by atoms with Crippen molar-refractivity contribution in [3.63, 3.8) is 0 Å². The molecule has 1 fully saturated rings. The van der Waals surface area contributed by atoms with Crippen molar-refractivity contribution < 1.29 is 9.47 Å². The van der Waals surface area contributed by atoms with Gasteiger partial charge in [-0.1, -0.05) is 27.5 Å². The Morgan fingerprint density at radius 2 is 2.21 bits per heavy atom. The van der Waals surface area contributed by atoms with Gasteiger partial charge in [-0.2, -0.15) is 0 Å². The standard InChI is InChI=1S/C10H10BrClO2/c1-13-9-3-2-7(12)4-8(9)10(11)5-14-6-10/h2-4H,5-6H2,1H3. The summed E-state index contributed by atoms with van der Waals surface area (Å²) in [7, 11) is 1.66. The molecule has 1 aliphatic heterocycles. The van der Waals surface area contributed by atoms with E-state index in [4.69, 9.17) is 21.1 Å². The second-order valence-corrected chi connectivity index (χ2v) is 5.26. The molecule has 0 radical (unpaired) electrons. The van der Waals surface area contributed by atoms with Gasteiger partial charge >= 0.3 is 0 Å². The van der Waals surface area contributed by atoms with Crippen molar-refractivity contribution in [3.8, 4) is 5.75 Å². The highest BCUT2D eigenvalue weighted by molar-refractivity contribution is 9.09. The first-order valence-corrected chi connectivity index (χ1v) is 5.43.